The largest absolute Gasteiger partial charge is 0.309 e. The van der Waals surface area contributed by atoms with E-state index in [1.165, 1.54) is 87.2 Å². The van der Waals surface area contributed by atoms with Gasteiger partial charge in [-0.1, -0.05) is 127 Å². The summed E-state index contributed by atoms with van der Waals surface area (Å²) in [4.78, 5) is 0. The number of aromatic nitrogens is 4. The molecule has 0 aliphatic rings. The number of fused-ring (bicyclic) bond motifs is 14. The van der Waals surface area contributed by atoms with Crippen molar-refractivity contribution in [1.29, 1.82) is 0 Å². The third-order valence-electron chi connectivity index (χ3n) is 12.3. The van der Waals surface area contributed by atoms with E-state index in [0.717, 1.165) is 22.7 Å². The summed E-state index contributed by atoms with van der Waals surface area (Å²) in [6.45, 7) is 0. The van der Waals surface area contributed by atoms with E-state index >= 15 is 0 Å². The highest BCUT2D eigenvalue weighted by molar-refractivity contribution is 6.27. The monoisotopic (exact) mass is 738 g/mol. The molecule has 0 N–H and O–H groups in total. The fourth-order valence-electron chi connectivity index (χ4n) is 10.0. The molecule has 13 aromatic rings. The topological polar surface area (TPSA) is 19.7 Å². The molecule has 9 aromatic carbocycles. The summed E-state index contributed by atoms with van der Waals surface area (Å²) in [7, 11) is 0. The Balaban J connectivity index is 1.15. The Morgan fingerprint density at radius 3 is 0.983 bits per heavy atom. The third-order valence-corrected chi connectivity index (χ3v) is 12.3. The molecule has 4 nitrogen and oxygen atoms in total. The first-order valence-corrected chi connectivity index (χ1v) is 20.0. The minimum Gasteiger partial charge on any atom is -0.309 e. The summed E-state index contributed by atoms with van der Waals surface area (Å²) >= 11 is 0. The molecule has 0 amide bonds. The molecule has 4 heterocycles. The summed E-state index contributed by atoms with van der Waals surface area (Å²) in [6, 6.07) is 75.4. The van der Waals surface area contributed by atoms with Crippen LogP contribution in [0.15, 0.2) is 206 Å². The highest BCUT2D eigenvalue weighted by Crippen LogP contribution is 2.44. The lowest BCUT2D eigenvalue weighted by molar-refractivity contribution is 1.14. The molecule has 0 aliphatic heterocycles. The van der Waals surface area contributed by atoms with Crippen molar-refractivity contribution in [3.05, 3.63) is 206 Å². The van der Waals surface area contributed by atoms with Gasteiger partial charge in [-0.2, -0.15) is 0 Å². The van der Waals surface area contributed by atoms with Gasteiger partial charge in [-0.25, -0.2) is 0 Å². The Morgan fingerprint density at radius 1 is 0.207 bits per heavy atom. The fraction of sp³-hybridized carbons (Fsp3) is 0. The summed E-state index contributed by atoms with van der Waals surface area (Å²) < 4.78 is 9.83. The van der Waals surface area contributed by atoms with Crippen LogP contribution in [0.2, 0.25) is 0 Å². The number of nitrogens with zero attached hydrogens (tertiary/aromatic N) is 4. The molecule has 13 rings (SSSR count). The Morgan fingerprint density at radius 2 is 0.552 bits per heavy atom. The second-order valence-electron chi connectivity index (χ2n) is 15.3. The van der Waals surface area contributed by atoms with Crippen LogP contribution in [-0.4, -0.2) is 18.3 Å². The Hall–Kier alpha value is -7.82. The molecule has 0 atom stereocenters. The summed E-state index contributed by atoms with van der Waals surface area (Å²) in [5, 5.41) is 9.98. The zero-order valence-corrected chi connectivity index (χ0v) is 31.4. The lowest BCUT2D eigenvalue weighted by atomic mass is 10.1. The van der Waals surface area contributed by atoms with Gasteiger partial charge in [0.25, 0.3) is 0 Å². The van der Waals surface area contributed by atoms with Crippen molar-refractivity contribution < 1.29 is 0 Å². The molecule has 4 heteroatoms. The van der Waals surface area contributed by atoms with Crippen LogP contribution in [0.5, 0.6) is 0 Å². The Kier molecular flexibility index (Phi) is 6.41. The fourth-order valence-corrected chi connectivity index (χ4v) is 10.0. The first-order chi connectivity index (χ1) is 28.8. The molecular formula is C54H34N4. The minimum absolute atomic E-state index is 1.12. The van der Waals surface area contributed by atoms with Gasteiger partial charge in [0, 0.05) is 65.8 Å². The lowest BCUT2D eigenvalue weighted by Crippen LogP contribution is -1.99. The highest BCUT2D eigenvalue weighted by Gasteiger charge is 2.23. The van der Waals surface area contributed by atoms with Gasteiger partial charge >= 0.3 is 0 Å². The summed E-state index contributed by atoms with van der Waals surface area (Å²) in [5.74, 6) is 0. The van der Waals surface area contributed by atoms with Crippen LogP contribution in [0.25, 0.3) is 110 Å². The number of hydrogen-bond acceptors (Lipinski definition) is 0. The number of rotatable bonds is 4. The Labute approximate surface area is 333 Å². The average molecular weight is 739 g/mol. The average Bonchev–Trinajstić information content (AvgIpc) is 4.02. The third kappa shape index (κ3) is 4.18. The van der Waals surface area contributed by atoms with Crippen molar-refractivity contribution in [2.45, 2.75) is 0 Å². The van der Waals surface area contributed by atoms with Crippen LogP contribution in [0.1, 0.15) is 0 Å². The van der Waals surface area contributed by atoms with Crippen LogP contribution >= 0.6 is 0 Å². The van der Waals surface area contributed by atoms with E-state index in [1.807, 2.05) is 0 Å². The predicted molar refractivity (Wildman–Crippen MR) is 244 cm³/mol. The molecule has 0 spiro atoms. The molecule has 58 heavy (non-hydrogen) atoms. The van der Waals surface area contributed by atoms with Crippen molar-refractivity contribution >= 4 is 87.2 Å². The minimum atomic E-state index is 1.12. The SMILES string of the molecule is c1ccc(-n2c3ccccc3c3c2ccc2c4ccccc4n(-c4cccc(-n5c6ccccc6c6ccc7c(c8ccccc8n7-c7ccccc7)c65)c4)c23)cc1. The molecule has 0 saturated carbocycles. The van der Waals surface area contributed by atoms with Crippen molar-refractivity contribution in [2.75, 3.05) is 0 Å². The van der Waals surface area contributed by atoms with Crippen molar-refractivity contribution in [1.82, 2.24) is 18.3 Å². The van der Waals surface area contributed by atoms with Crippen LogP contribution in [0, 0.1) is 0 Å². The van der Waals surface area contributed by atoms with Crippen molar-refractivity contribution in [2.24, 2.45) is 0 Å². The number of para-hydroxylation sites is 6. The van der Waals surface area contributed by atoms with E-state index in [4.69, 9.17) is 0 Å². The van der Waals surface area contributed by atoms with Gasteiger partial charge in [-0.05, 0) is 78.9 Å². The second-order valence-corrected chi connectivity index (χ2v) is 15.3. The maximum atomic E-state index is 2.50. The van der Waals surface area contributed by atoms with Gasteiger partial charge in [0.1, 0.15) is 0 Å². The van der Waals surface area contributed by atoms with Crippen molar-refractivity contribution in [3.8, 4) is 22.7 Å². The molecule has 4 aromatic heterocycles. The van der Waals surface area contributed by atoms with Gasteiger partial charge in [0.2, 0.25) is 0 Å². The maximum absolute atomic E-state index is 2.50. The van der Waals surface area contributed by atoms with E-state index in [2.05, 4.69) is 225 Å². The number of benzene rings is 9. The smallest absolute Gasteiger partial charge is 0.0641 e. The zero-order valence-electron chi connectivity index (χ0n) is 31.4. The molecule has 270 valence electrons. The van der Waals surface area contributed by atoms with E-state index in [-0.39, 0.29) is 0 Å². The molecule has 0 saturated heterocycles. The quantitative estimate of drug-likeness (QED) is 0.171. The summed E-state index contributed by atoms with van der Waals surface area (Å²) in [6.07, 6.45) is 0. The molecule has 0 unspecified atom stereocenters. The van der Waals surface area contributed by atoms with Crippen molar-refractivity contribution in [3.63, 3.8) is 0 Å². The second kappa shape index (κ2) is 11.8. The van der Waals surface area contributed by atoms with E-state index in [0.29, 0.717) is 0 Å². The normalized spacial score (nSPS) is 12.1. The van der Waals surface area contributed by atoms with Crippen LogP contribution in [0.4, 0.5) is 0 Å². The van der Waals surface area contributed by atoms with Crippen LogP contribution < -0.4 is 0 Å². The van der Waals surface area contributed by atoms with Gasteiger partial charge < -0.3 is 18.3 Å². The zero-order chi connectivity index (χ0) is 37.9. The van der Waals surface area contributed by atoms with Crippen LogP contribution in [0.3, 0.4) is 0 Å². The van der Waals surface area contributed by atoms with Gasteiger partial charge in [0.05, 0.1) is 44.1 Å². The highest BCUT2D eigenvalue weighted by atomic mass is 15.0. The van der Waals surface area contributed by atoms with Gasteiger partial charge in [0.15, 0.2) is 0 Å². The predicted octanol–water partition coefficient (Wildman–Crippen LogP) is 14.1. The maximum Gasteiger partial charge on any atom is 0.0641 e. The molecular weight excluding hydrogens is 705 g/mol. The first-order valence-electron chi connectivity index (χ1n) is 20.0. The molecule has 0 fully saturated rings. The molecule has 0 radical (unpaired) electrons. The number of hydrogen-bond donors (Lipinski definition) is 0. The van der Waals surface area contributed by atoms with Crippen LogP contribution in [-0.2, 0) is 0 Å². The molecule has 0 aliphatic carbocycles. The van der Waals surface area contributed by atoms with E-state index < -0.39 is 0 Å². The summed E-state index contributed by atoms with van der Waals surface area (Å²) in [5.41, 5.74) is 14.2. The standard InChI is InChI=1S/C54H34N4/c1-3-16-35(17-4-1)55-47-28-13-9-24-43(47)51-49(55)32-30-41-39-22-7-11-26-45(39)57(53(41)51)37-20-15-21-38(34-37)58-46-27-12-8-23-40(46)42-31-33-50-52(54(42)58)44-25-10-14-29-48(44)56(50)36-18-5-2-6-19-36/h1-34H. The molecule has 0 bridgehead atoms. The first kappa shape index (κ1) is 31.4. The van der Waals surface area contributed by atoms with Gasteiger partial charge in [-0.15, -0.1) is 0 Å². The lowest BCUT2D eigenvalue weighted by Gasteiger charge is -2.14. The van der Waals surface area contributed by atoms with E-state index in [9.17, 15) is 0 Å². The Bertz CT molecular complexity index is 3540. The van der Waals surface area contributed by atoms with E-state index in [1.54, 1.807) is 0 Å². The van der Waals surface area contributed by atoms with Gasteiger partial charge in [-0.3, -0.25) is 0 Å².